The summed E-state index contributed by atoms with van der Waals surface area (Å²) < 4.78 is 0. The minimum absolute atomic E-state index is 0.483. The maximum Gasteiger partial charge on any atom is 0.320 e. The molecule has 0 amide bonds. The van der Waals surface area contributed by atoms with E-state index in [0.29, 0.717) is 18.2 Å². The lowest BCUT2D eigenvalue weighted by Gasteiger charge is -2.23. The van der Waals surface area contributed by atoms with Crippen molar-refractivity contribution in [2.75, 3.05) is 35.5 Å². The van der Waals surface area contributed by atoms with E-state index < -0.39 is 12.0 Å². The van der Waals surface area contributed by atoms with Crippen LogP contribution >= 0.6 is 35.0 Å². The molecule has 0 aliphatic heterocycles. The molecule has 22 heavy (non-hydrogen) atoms. The highest BCUT2D eigenvalue weighted by Crippen LogP contribution is 2.19. The lowest BCUT2D eigenvalue weighted by molar-refractivity contribution is -0.138. The smallest absolute Gasteiger partial charge is 0.320 e. The van der Waals surface area contributed by atoms with E-state index in [0.717, 1.165) is 30.3 Å². The fraction of sp³-hybridized carbons (Fsp3) is 0.533. The predicted octanol–water partition coefficient (Wildman–Crippen LogP) is 3.01. The number of alkyl halides is 2. The van der Waals surface area contributed by atoms with Gasteiger partial charge in [0.1, 0.15) is 6.04 Å². The summed E-state index contributed by atoms with van der Waals surface area (Å²) in [5.41, 5.74) is 7.78. The van der Waals surface area contributed by atoms with E-state index in [9.17, 15) is 4.79 Å². The van der Waals surface area contributed by atoms with Crippen LogP contribution in [0.2, 0.25) is 0 Å². The highest BCUT2D eigenvalue weighted by Gasteiger charge is 2.10. The van der Waals surface area contributed by atoms with Gasteiger partial charge in [0.2, 0.25) is 0 Å². The third-order valence-electron chi connectivity index (χ3n) is 3.17. The second kappa shape index (κ2) is 11.0. The Kier molecular flexibility index (Phi) is 9.71. The van der Waals surface area contributed by atoms with Gasteiger partial charge in [-0.3, -0.25) is 4.79 Å². The van der Waals surface area contributed by atoms with Crippen molar-refractivity contribution in [2.45, 2.75) is 18.2 Å². The third-order valence-corrected chi connectivity index (χ3v) is 4.57. The van der Waals surface area contributed by atoms with Gasteiger partial charge in [0, 0.05) is 36.3 Å². The Morgan fingerprint density at radius 2 is 1.82 bits per heavy atom. The molecule has 0 fully saturated rings. The summed E-state index contributed by atoms with van der Waals surface area (Å²) in [6.45, 7) is 1.55. The van der Waals surface area contributed by atoms with Crippen molar-refractivity contribution in [1.82, 2.24) is 0 Å². The Morgan fingerprint density at radius 3 is 2.32 bits per heavy atom. The molecule has 0 bridgehead atoms. The zero-order valence-corrected chi connectivity index (χ0v) is 14.7. The van der Waals surface area contributed by atoms with Gasteiger partial charge in [-0.2, -0.15) is 11.8 Å². The number of rotatable bonds is 11. The molecule has 0 saturated heterocycles. The fourth-order valence-electron chi connectivity index (χ4n) is 1.90. The van der Waals surface area contributed by atoms with E-state index in [1.165, 1.54) is 5.56 Å². The molecule has 0 aromatic heterocycles. The number of hydrogen-bond donors (Lipinski definition) is 2. The van der Waals surface area contributed by atoms with Gasteiger partial charge in [0.25, 0.3) is 0 Å². The molecule has 1 rings (SSSR count). The summed E-state index contributed by atoms with van der Waals surface area (Å²) >= 11 is 13.3. The number of nitrogens with zero attached hydrogens (tertiary/aromatic N) is 1. The SMILES string of the molecule is NC(CCSCc1ccc(N(CCCl)CCCl)cc1)C(=O)O. The Hall–Kier alpha value is -0.620. The van der Waals surface area contributed by atoms with Crippen LogP contribution in [0.25, 0.3) is 0 Å². The van der Waals surface area contributed by atoms with E-state index in [1.54, 1.807) is 11.8 Å². The molecular weight excluding hydrogens is 343 g/mol. The number of carboxylic acids is 1. The highest BCUT2D eigenvalue weighted by atomic mass is 35.5. The standard InChI is InChI=1S/C15H22Cl2N2O2S/c16-6-8-19(9-7-17)13-3-1-12(2-4-13)11-22-10-5-14(18)15(20)21/h1-4,14H,5-11,18H2,(H,20,21). The van der Waals surface area contributed by atoms with Crippen molar-refractivity contribution in [1.29, 1.82) is 0 Å². The number of aliphatic carboxylic acids is 1. The van der Waals surface area contributed by atoms with Crippen molar-refractivity contribution in [3.63, 3.8) is 0 Å². The lowest BCUT2D eigenvalue weighted by Crippen LogP contribution is -2.30. The topological polar surface area (TPSA) is 66.6 Å². The van der Waals surface area contributed by atoms with Crippen LogP contribution in [0, 0.1) is 0 Å². The van der Waals surface area contributed by atoms with Crippen LogP contribution in [0.3, 0.4) is 0 Å². The van der Waals surface area contributed by atoms with Crippen molar-refractivity contribution in [2.24, 2.45) is 5.73 Å². The van der Waals surface area contributed by atoms with Gasteiger partial charge in [0.05, 0.1) is 0 Å². The number of carbonyl (C=O) groups is 1. The summed E-state index contributed by atoms with van der Waals surface area (Å²) in [7, 11) is 0. The maximum atomic E-state index is 10.6. The first-order chi connectivity index (χ1) is 10.6. The molecule has 4 nitrogen and oxygen atoms in total. The average Bonchev–Trinajstić information content (AvgIpc) is 2.51. The van der Waals surface area contributed by atoms with Gasteiger partial charge in [0.15, 0.2) is 0 Å². The number of halogens is 2. The number of anilines is 1. The van der Waals surface area contributed by atoms with E-state index in [4.69, 9.17) is 34.0 Å². The summed E-state index contributed by atoms with van der Waals surface area (Å²) in [5.74, 6) is 1.78. The van der Waals surface area contributed by atoms with E-state index in [1.807, 2.05) is 0 Å². The average molecular weight is 365 g/mol. The molecule has 1 aromatic carbocycles. The highest BCUT2D eigenvalue weighted by molar-refractivity contribution is 7.98. The Labute approximate surface area is 146 Å². The van der Waals surface area contributed by atoms with Crippen molar-refractivity contribution >= 4 is 46.6 Å². The molecule has 0 aliphatic rings. The molecule has 1 unspecified atom stereocenters. The van der Waals surface area contributed by atoms with Crippen LogP contribution in [0.1, 0.15) is 12.0 Å². The molecule has 0 heterocycles. The van der Waals surface area contributed by atoms with Crippen LogP contribution in [0.4, 0.5) is 5.69 Å². The predicted molar refractivity (Wildman–Crippen MR) is 96.5 cm³/mol. The molecule has 124 valence electrons. The van der Waals surface area contributed by atoms with Crippen LogP contribution in [-0.4, -0.2) is 47.7 Å². The minimum Gasteiger partial charge on any atom is -0.480 e. The van der Waals surface area contributed by atoms with E-state index in [-0.39, 0.29) is 0 Å². The second-order valence-corrected chi connectivity index (χ2v) is 6.68. The van der Waals surface area contributed by atoms with Gasteiger partial charge in [-0.1, -0.05) is 12.1 Å². The van der Waals surface area contributed by atoms with Crippen molar-refractivity contribution in [3.8, 4) is 0 Å². The molecule has 0 spiro atoms. The first kappa shape index (κ1) is 19.4. The van der Waals surface area contributed by atoms with Crippen molar-refractivity contribution < 1.29 is 9.90 Å². The zero-order chi connectivity index (χ0) is 16.4. The second-order valence-electron chi connectivity index (χ2n) is 4.82. The van der Waals surface area contributed by atoms with Crippen LogP contribution in [0.5, 0.6) is 0 Å². The minimum atomic E-state index is -0.941. The Bertz CT molecular complexity index is 440. The van der Waals surface area contributed by atoms with Gasteiger partial charge in [-0.05, 0) is 29.9 Å². The summed E-state index contributed by atoms with van der Waals surface area (Å²) in [5, 5.41) is 8.71. The van der Waals surface area contributed by atoms with Gasteiger partial charge >= 0.3 is 5.97 Å². The monoisotopic (exact) mass is 364 g/mol. The summed E-state index contributed by atoms with van der Waals surface area (Å²) in [4.78, 5) is 12.8. The maximum absolute atomic E-state index is 10.6. The van der Waals surface area contributed by atoms with Crippen molar-refractivity contribution in [3.05, 3.63) is 29.8 Å². The Morgan fingerprint density at radius 1 is 1.23 bits per heavy atom. The quantitative estimate of drug-likeness (QED) is 0.466. The number of carboxylic acid groups (broad SMARTS) is 1. The first-order valence-electron chi connectivity index (χ1n) is 7.10. The molecule has 1 aromatic rings. The normalized spacial score (nSPS) is 12.1. The third kappa shape index (κ3) is 7.09. The van der Waals surface area contributed by atoms with Crippen LogP contribution in [0.15, 0.2) is 24.3 Å². The van der Waals surface area contributed by atoms with E-state index in [2.05, 4.69) is 29.2 Å². The number of thioether (sulfide) groups is 1. The molecular formula is C15H22Cl2N2O2S. The van der Waals surface area contributed by atoms with Crippen LogP contribution < -0.4 is 10.6 Å². The molecule has 1 atom stereocenters. The number of benzene rings is 1. The largest absolute Gasteiger partial charge is 0.480 e. The lowest BCUT2D eigenvalue weighted by atomic mass is 10.2. The molecule has 0 aliphatic carbocycles. The molecule has 0 saturated carbocycles. The fourth-order valence-corrected chi connectivity index (χ4v) is 3.30. The molecule has 3 N–H and O–H groups in total. The zero-order valence-electron chi connectivity index (χ0n) is 12.4. The molecule has 0 radical (unpaired) electrons. The van der Waals surface area contributed by atoms with Gasteiger partial charge in [-0.25, -0.2) is 0 Å². The number of nitrogens with two attached hydrogens (primary N) is 1. The van der Waals surface area contributed by atoms with E-state index >= 15 is 0 Å². The van der Waals surface area contributed by atoms with Crippen LogP contribution in [-0.2, 0) is 10.5 Å². The summed E-state index contributed by atoms with van der Waals surface area (Å²) in [6.07, 6.45) is 0.483. The first-order valence-corrected chi connectivity index (χ1v) is 9.32. The summed E-state index contributed by atoms with van der Waals surface area (Å²) in [6, 6.07) is 7.52. The van der Waals surface area contributed by atoms with Gasteiger partial charge in [-0.15, -0.1) is 23.2 Å². The van der Waals surface area contributed by atoms with Gasteiger partial charge < -0.3 is 15.7 Å². The molecule has 7 heteroatoms. The number of hydrogen-bond acceptors (Lipinski definition) is 4. The Balaban J connectivity index is 2.42.